The topological polar surface area (TPSA) is 138 Å². The normalized spacial score (nSPS) is 11.6. The summed E-state index contributed by atoms with van der Waals surface area (Å²) in [6.45, 7) is 7.92. The average molecular weight is 709 g/mol. The molecule has 0 saturated heterocycles. The molecule has 10 nitrogen and oxygen atoms in total. The molecule has 2 N–H and O–H groups in total. The molecule has 1 aromatic rings. The third kappa shape index (κ3) is 21.6. The predicted molar refractivity (Wildman–Crippen MR) is 196 cm³/mol. The molecule has 0 amide bonds. The van der Waals surface area contributed by atoms with Crippen LogP contribution in [0.3, 0.4) is 0 Å². The first-order valence-corrected chi connectivity index (χ1v) is 19.6. The fourth-order valence-electron chi connectivity index (χ4n) is 5.61. The van der Waals surface area contributed by atoms with Gasteiger partial charge in [0.1, 0.15) is 13.2 Å². The molecule has 0 spiro atoms. The molecule has 10 heteroatoms. The highest BCUT2D eigenvalue weighted by Crippen LogP contribution is 2.21. The van der Waals surface area contributed by atoms with Gasteiger partial charge in [0.2, 0.25) is 0 Å². The van der Waals surface area contributed by atoms with Crippen molar-refractivity contribution in [3.8, 4) is 0 Å². The van der Waals surface area contributed by atoms with E-state index in [0.717, 1.165) is 50.7 Å². The van der Waals surface area contributed by atoms with Gasteiger partial charge in [-0.3, -0.25) is 0 Å². The van der Waals surface area contributed by atoms with Gasteiger partial charge in [-0.2, -0.15) is 0 Å². The summed E-state index contributed by atoms with van der Waals surface area (Å²) < 4.78 is 30.3. The molecule has 0 aromatic heterocycles. The van der Waals surface area contributed by atoms with E-state index in [1.807, 2.05) is 0 Å². The third-order valence-electron chi connectivity index (χ3n) is 8.67. The molecule has 288 valence electrons. The minimum absolute atomic E-state index is 0.00543. The molecule has 0 aliphatic carbocycles. The van der Waals surface area contributed by atoms with Gasteiger partial charge in [0.05, 0.1) is 43.1 Å². The molecule has 0 saturated carbocycles. The van der Waals surface area contributed by atoms with E-state index in [4.69, 9.17) is 23.7 Å². The van der Waals surface area contributed by atoms with Crippen molar-refractivity contribution < 1.29 is 48.3 Å². The zero-order chi connectivity index (χ0) is 36.7. The van der Waals surface area contributed by atoms with Crippen molar-refractivity contribution in [1.29, 1.82) is 0 Å². The Hall–Kier alpha value is -2.53. The highest BCUT2D eigenvalue weighted by Gasteiger charge is 2.34. The monoisotopic (exact) mass is 708 g/mol. The molecular formula is C40H68O10. The summed E-state index contributed by atoms with van der Waals surface area (Å²) in [4.78, 5) is 35.7. The Morgan fingerprint density at radius 3 is 1.34 bits per heavy atom. The standard InChI is InChI=1S/C40H68O10/c1-4-7-10-13-16-19-22-27-48-40(49-28-23-20-17-14-11-8-5-2,50-29-24-21-18-15-12-9-6-3)33-46-30-31-47-39(45)35-26-25-34(37(41)42)32-36(35)38(43)44/h25-26,32H,4-24,27-31,33H2,1-3H3,(H,41,42)(H,43,44). The lowest BCUT2D eigenvalue weighted by Crippen LogP contribution is -2.45. The number of esters is 1. The van der Waals surface area contributed by atoms with Crippen LogP contribution in [0.15, 0.2) is 18.2 Å². The van der Waals surface area contributed by atoms with Crippen LogP contribution in [0.4, 0.5) is 0 Å². The summed E-state index contributed by atoms with van der Waals surface area (Å²) >= 11 is 0. The summed E-state index contributed by atoms with van der Waals surface area (Å²) in [7, 11) is 0. The number of carboxylic acids is 2. The van der Waals surface area contributed by atoms with Gasteiger partial charge >= 0.3 is 23.9 Å². The Kier molecular flexibility index (Phi) is 27.4. The van der Waals surface area contributed by atoms with E-state index >= 15 is 0 Å². The van der Waals surface area contributed by atoms with Gasteiger partial charge in [0, 0.05) is 0 Å². The van der Waals surface area contributed by atoms with Crippen LogP contribution in [0, 0.1) is 0 Å². The zero-order valence-electron chi connectivity index (χ0n) is 31.5. The van der Waals surface area contributed by atoms with Crippen molar-refractivity contribution in [2.24, 2.45) is 0 Å². The number of ether oxygens (including phenoxy) is 5. The van der Waals surface area contributed by atoms with E-state index in [0.29, 0.717) is 19.8 Å². The SMILES string of the molecule is CCCCCCCCCOC(COCCOC(=O)c1ccc(C(=O)O)cc1C(=O)O)(OCCCCCCCCC)OCCCCCCCCC. The molecule has 0 radical (unpaired) electrons. The van der Waals surface area contributed by atoms with Gasteiger partial charge in [0.25, 0.3) is 0 Å². The summed E-state index contributed by atoms with van der Waals surface area (Å²) in [6.07, 6.45) is 24.3. The van der Waals surface area contributed by atoms with Crippen molar-refractivity contribution in [2.75, 3.05) is 39.6 Å². The Morgan fingerprint density at radius 2 is 0.940 bits per heavy atom. The van der Waals surface area contributed by atoms with Gasteiger partial charge in [-0.25, -0.2) is 14.4 Å². The molecule has 1 aromatic carbocycles. The first kappa shape index (κ1) is 45.5. The molecule has 50 heavy (non-hydrogen) atoms. The number of hydrogen-bond acceptors (Lipinski definition) is 8. The van der Waals surface area contributed by atoms with Crippen LogP contribution in [0.2, 0.25) is 0 Å². The van der Waals surface area contributed by atoms with Gasteiger partial charge < -0.3 is 33.9 Å². The van der Waals surface area contributed by atoms with E-state index < -0.39 is 29.4 Å². The van der Waals surface area contributed by atoms with Gasteiger partial charge in [0.15, 0.2) is 0 Å². The van der Waals surface area contributed by atoms with Crippen LogP contribution in [0.5, 0.6) is 0 Å². The molecule has 0 fully saturated rings. The van der Waals surface area contributed by atoms with Gasteiger partial charge in [-0.1, -0.05) is 136 Å². The summed E-state index contributed by atoms with van der Waals surface area (Å²) in [5, 5.41) is 18.7. The maximum atomic E-state index is 12.7. The minimum Gasteiger partial charge on any atom is -0.478 e. The lowest BCUT2D eigenvalue weighted by atomic mass is 10.0. The van der Waals surface area contributed by atoms with E-state index in [9.17, 15) is 24.6 Å². The van der Waals surface area contributed by atoms with Crippen molar-refractivity contribution in [1.82, 2.24) is 0 Å². The molecule has 0 unspecified atom stereocenters. The Balaban J connectivity index is 2.83. The van der Waals surface area contributed by atoms with Crippen LogP contribution in [0.25, 0.3) is 0 Å². The van der Waals surface area contributed by atoms with Crippen molar-refractivity contribution in [2.45, 2.75) is 162 Å². The van der Waals surface area contributed by atoms with Crippen molar-refractivity contribution in [3.63, 3.8) is 0 Å². The van der Waals surface area contributed by atoms with E-state index in [-0.39, 0.29) is 30.9 Å². The summed E-state index contributed by atoms with van der Waals surface area (Å²) in [6, 6.07) is 3.26. The second-order valence-corrected chi connectivity index (χ2v) is 13.2. The molecule has 0 atom stereocenters. The minimum atomic E-state index is -1.42. The van der Waals surface area contributed by atoms with Gasteiger partial charge in [-0.05, 0) is 37.5 Å². The first-order chi connectivity index (χ1) is 24.3. The quantitative estimate of drug-likeness (QED) is 0.0398. The van der Waals surface area contributed by atoms with E-state index in [2.05, 4.69) is 20.8 Å². The predicted octanol–water partition coefficient (Wildman–Crippen LogP) is 10.2. The van der Waals surface area contributed by atoms with Crippen LogP contribution < -0.4 is 0 Å². The number of aromatic carboxylic acids is 2. The third-order valence-corrected chi connectivity index (χ3v) is 8.67. The second-order valence-electron chi connectivity index (χ2n) is 13.2. The number of benzene rings is 1. The number of unbranched alkanes of at least 4 members (excludes halogenated alkanes) is 18. The Labute approximate surface area is 301 Å². The fourth-order valence-corrected chi connectivity index (χ4v) is 5.61. The van der Waals surface area contributed by atoms with Crippen LogP contribution in [0.1, 0.15) is 187 Å². The summed E-state index contributed by atoms with van der Waals surface area (Å²) in [5.74, 6) is -4.97. The maximum Gasteiger partial charge on any atom is 0.339 e. The Bertz CT molecular complexity index is 977. The van der Waals surface area contributed by atoms with Gasteiger partial charge in [-0.15, -0.1) is 0 Å². The average Bonchev–Trinajstić information content (AvgIpc) is 3.11. The molecule has 0 bridgehead atoms. The first-order valence-electron chi connectivity index (χ1n) is 19.6. The molecule has 0 aliphatic heterocycles. The summed E-state index contributed by atoms with van der Waals surface area (Å²) in [5.41, 5.74) is -0.903. The fraction of sp³-hybridized carbons (Fsp3) is 0.775. The van der Waals surface area contributed by atoms with Crippen molar-refractivity contribution in [3.05, 3.63) is 34.9 Å². The number of carbonyl (C=O) groups excluding carboxylic acids is 1. The number of carbonyl (C=O) groups is 3. The smallest absolute Gasteiger partial charge is 0.339 e. The number of carboxylic acid groups (broad SMARTS) is 2. The number of hydrogen-bond donors (Lipinski definition) is 2. The second kappa shape index (κ2) is 30.1. The van der Waals surface area contributed by atoms with Crippen LogP contribution in [-0.4, -0.2) is 73.7 Å². The Morgan fingerprint density at radius 1 is 0.520 bits per heavy atom. The maximum absolute atomic E-state index is 12.7. The van der Waals surface area contributed by atoms with E-state index in [1.165, 1.54) is 102 Å². The molecule has 0 heterocycles. The molecule has 0 aliphatic rings. The largest absolute Gasteiger partial charge is 0.478 e. The molecular weight excluding hydrogens is 640 g/mol. The van der Waals surface area contributed by atoms with Crippen LogP contribution in [-0.2, 0) is 23.7 Å². The lowest BCUT2D eigenvalue weighted by Gasteiger charge is -2.33. The zero-order valence-corrected chi connectivity index (χ0v) is 31.5. The van der Waals surface area contributed by atoms with Crippen LogP contribution >= 0.6 is 0 Å². The number of rotatable bonds is 35. The highest BCUT2D eigenvalue weighted by atomic mass is 16.9. The van der Waals surface area contributed by atoms with E-state index in [1.54, 1.807) is 0 Å². The highest BCUT2D eigenvalue weighted by molar-refractivity contribution is 6.04. The van der Waals surface area contributed by atoms with Crippen molar-refractivity contribution >= 4 is 17.9 Å². The lowest BCUT2D eigenvalue weighted by molar-refractivity contribution is -0.395. The molecule has 1 rings (SSSR count).